The Morgan fingerprint density at radius 2 is 2.03 bits per heavy atom. The van der Waals surface area contributed by atoms with Gasteiger partial charge in [-0.3, -0.25) is 14.2 Å². The standard InChI is InChI=1S/C25H26ClFN6O2/c1-13(2)35-22-17(14(3)24-32-15(4)21-23(28)30-9-10-33(21)24)11-18(26)20(27)19(22)25(34)31-12-16-7-5-6-8-29-16/h5-11,13-14H,12H2,1-4H3,(H2,28,30)(H,31,34)/t14-/m0/s1. The molecule has 8 nitrogen and oxygen atoms in total. The van der Waals surface area contributed by atoms with Crippen molar-refractivity contribution in [2.24, 2.45) is 0 Å². The molecular formula is C25H26ClFN6O2. The van der Waals surface area contributed by atoms with Crippen LogP contribution in [0.1, 0.15) is 59.8 Å². The molecule has 0 aliphatic rings. The molecule has 0 saturated heterocycles. The van der Waals surface area contributed by atoms with Crippen LogP contribution >= 0.6 is 11.6 Å². The third-order valence-corrected chi connectivity index (χ3v) is 5.85. The lowest BCUT2D eigenvalue weighted by Gasteiger charge is -2.22. The molecule has 35 heavy (non-hydrogen) atoms. The molecule has 1 aromatic carbocycles. The summed E-state index contributed by atoms with van der Waals surface area (Å²) in [7, 11) is 0. The molecule has 0 aliphatic carbocycles. The van der Waals surface area contributed by atoms with Crippen LogP contribution in [-0.2, 0) is 6.54 Å². The van der Waals surface area contributed by atoms with Crippen molar-refractivity contribution in [1.82, 2.24) is 24.7 Å². The summed E-state index contributed by atoms with van der Waals surface area (Å²) in [6.45, 7) is 7.45. The Morgan fingerprint density at radius 1 is 1.26 bits per heavy atom. The van der Waals surface area contributed by atoms with Gasteiger partial charge in [-0.25, -0.2) is 14.4 Å². The van der Waals surface area contributed by atoms with Crippen LogP contribution < -0.4 is 15.8 Å². The fourth-order valence-electron chi connectivity index (χ4n) is 3.99. The fourth-order valence-corrected chi connectivity index (χ4v) is 4.20. The van der Waals surface area contributed by atoms with Crippen LogP contribution in [0.5, 0.6) is 5.75 Å². The number of halogens is 2. The van der Waals surface area contributed by atoms with Crippen molar-refractivity contribution in [3.63, 3.8) is 0 Å². The lowest BCUT2D eigenvalue weighted by molar-refractivity contribution is 0.0939. The topological polar surface area (TPSA) is 107 Å². The van der Waals surface area contributed by atoms with Gasteiger partial charge in [-0.1, -0.05) is 24.6 Å². The highest BCUT2D eigenvalue weighted by atomic mass is 35.5. The van der Waals surface area contributed by atoms with Gasteiger partial charge >= 0.3 is 0 Å². The molecule has 1 amide bonds. The number of hydrogen-bond donors (Lipinski definition) is 2. The van der Waals surface area contributed by atoms with E-state index >= 15 is 4.39 Å². The van der Waals surface area contributed by atoms with Gasteiger partial charge in [-0.2, -0.15) is 0 Å². The summed E-state index contributed by atoms with van der Waals surface area (Å²) in [5, 5.41) is 2.53. The molecule has 3 aromatic heterocycles. The molecule has 1 atom stereocenters. The van der Waals surface area contributed by atoms with E-state index in [0.717, 1.165) is 0 Å². The number of carbonyl (C=O) groups excluding carboxylic acids is 1. The third-order valence-electron chi connectivity index (χ3n) is 5.58. The number of aryl methyl sites for hydroxylation is 1. The molecule has 182 valence electrons. The SMILES string of the molecule is Cc1nc([C@@H](C)c2cc(Cl)c(F)c(C(=O)NCc3ccccn3)c2OC(C)C)n2ccnc(N)c12. The first kappa shape index (κ1) is 24.4. The number of carbonyl (C=O) groups is 1. The molecule has 10 heteroatoms. The number of nitrogen functional groups attached to an aromatic ring is 1. The van der Waals surface area contributed by atoms with E-state index in [1.807, 2.05) is 18.2 Å². The lowest BCUT2D eigenvalue weighted by Crippen LogP contribution is -2.26. The second kappa shape index (κ2) is 9.87. The van der Waals surface area contributed by atoms with E-state index in [9.17, 15) is 4.79 Å². The zero-order valence-corrected chi connectivity index (χ0v) is 20.6. The van der Waals surface area contributed by atoms with Gasteiger partial charge in [0, 0.05) is 30.1 Å². The van der Waals surface area contributed by atoms with E-state index in [-0.39, 0.29) is 29.0 Å². The largest absolute Gasteiger partial charge is 0.490 e. The fraction of sp³-hybridized carbons (Fsp3) is 0.280. The quantitative estimate of drug-likeness (QED) is 0.385. The highest BCUT2D eigenvalue weighted by molar-refractivity contribution is 6.31. The number of nitrogens with zero attached hydrogens (tertiary/aromatic N) is 4. The molecule has 0 radical (unpaired) electrons. The van der Waals surface area contributed by atoms with Crippen molar-refractivity contribution >= 4 is 28.8 Å². The normalized spacial score (nSPS) is 12.2. The average Bonchev–Trinajstić information content (AvgIpc) is 3.17. The number of rotatable bonds is 7. The summed E-state index contributed by atoms with van der Waals surface area (Å²) in [5.74, 6) is -0.840. The second-order valence-corrected chi connectivity index (χ2v) is 8.85. The van der Waals surface area contributed by atoms with Crippen molar-refractivity contribution in [1.29, 1.82) is 0 Å². The summed E-state index contributed by atoms with van der Waals surface area (Å²) < 4.78 is 23.2. The predicted octanol–water partition coefficient (Wildman–Crippen LogP) is 4.68. The van der Waals surface area contributed by atoms with Crippen LogP contribution in [0, 0.1) is 12.7 Å². The van der Waals surface area contributed by atoms with Gasteiger partial charge in [0.25, 0.3) is 5.91 Å². The molecule has 0 unspecified atom stereocenters. The van der Waals surface area contributed by atoms with Gasteiger partial charge in [-0.05, 0) is 39.0 Å². The number of imidazole rings is 1. The second-order valence-electron chi connectivity index (χ2n) is 8.44. The zero-order valence-electron chi connectivity index (χ0n) is 19.8. The first-order valence-corrected chi connectivity index (χ1v) is 11.5. The minimum absolute atomic E-state index is 0.115. The molecule has 0 saturated carbocycles. The Bertz CT molecular complexity index is 1390. The molecule has 0 aliphatic heterocycles. The maximum Gasteiger partial charge on any atom is 0.258 e. The van der Waals surface area contributed by atoms with E-state index in [1.165, 1.54) is 6.07 Å². The number of amides is 1. The van der Waals surface area contributed by atoms with Gasteiger partial charge < -0.3 is 15.8 Å². The minimum atomic E-state index is -0.852. The number of anilines is 1. The summed E-state index contributed by atoms with van der Waals surface area (Å²) in [4.78, 5) is 26.2. The Morgan fingerprint density at radius 3 is 2.71 bits per heavy atom. The Hall–Kier alpha value is -3.72. The van der Waals surface area contributed by atoms with Crippen molar-refractivity contribution in [3.05, 3.63) is 82.0 Å². The van der Waals surface area contributed by atoms with Crippen LogP contribution in [0.2, 0.25) is 5.02 Å². The van der Waals surface area contributed by atoms with E-state index in [2.05, 4.69) is 15.3 Å². The van der Waals surface area contributed by atoms with Gasteiger partial charge in [-0.15, -0.1) is 0 Å². The number of hydrogen-bond acceptors (Lipinski definition) is 6. The van der Waals surface area contributed by atoms with Crippen molar-refractivity contribution in [3.8, 4) is 5.75 Å². The van der Waals surface area contributed by atoms with Crippen molar-refractivity contribution < 1.29 is 13.9 Å². The van der Waals surface area contributed by atoms with Crippen LogP contribution in [0.15, 0.2) is 42.9 Å². The van der Waals surface area contributed by atoms with Gasteiger partial charge in [0.2, 0.25) is 0 Å². The Labute approximate surface area is 207 Å². The lowest BCUT2D eigenvalue weighted by atomic mass is 9.95. The number of nitrogens with two attached hydrogens (primary N) is 1. The molecule has 4 rings (SSSR count). The first-order chi connectivity index (χ1) is 16.7. The van der Waals surface area contributed by atoms with E-state index in [1.54, 1.807) is 50.6 Å². The van der Waals surface area contributed by atoms with Crippen LogP contribution in [-0.4, -0.2) is 31.4 Å². The molecule has 4 aromatic rings. The molecule has 0 fully saturated rings. The molecule has 0 bridgehead atoms. The summed E-state index contributed by atoms with van der Waals surface area (Å²) in [6, 6.07) is 6.82. The number of fused-ring (bicyclic) bond motifs is 1. The first-order valence-electron chi connectivity index (χ1n) is 11.1. The van der Waals surface area contributed by atoms with Gasteiger partial charge in [0.1, 0.15) is 28.5 Å². The number of aromatic nitrogens is 4. The van der Waals surface area contributed by atoms with Crippen molar-refractivity contribution in [2.75, 3.05) is 5.73 Å². The molecular weight excluding hydrogens is 471 g/mol. The monoisotopic (exact) mass is 496 g/mol. The maximum absolute atomic E-state index is 15.3. The van der Waals surface area contributed by atoms with Gasteiger partial charge in [0.05, 0.1) is 29.1 Å². The van der Waals surface area contributed by atoms with Crippen LogP contribution in [0.4, 0.5) is 10.2 Å². The Kier molecular flexibility index (Phi) is 6.88. The molecule has 0 spiro atoms. The molecule has 3 heterocycles. The summed E-state index contributed by atoms with van der Waals surface area (Å²) >= 11 is 6.29. The van der Waals surface area contributed by atoms with Crippen molar-refractivity contribution in [2.45, 2.75) is 46.3 Å². The number of ether oxygens (including phenoxy) is 1. The highest BCUT2D eigenvalue weighted by Crippen LogP contribution is 2.39. The van der Waals surface area contributed by atoms with E-state index in [4.69, 9.17) is 27.1 Å². The number of benzene rings is 1. The maximum atomic E-state index is 15.3. The summed E-state index contributed by atoms with van der Waals surface area (Å²) in [6.07, 6.45) is 4.63. The van der Waals surface area contributed by atoms with Crippen LogP contribution in [0.3, 0.4) is 0 Å². The van der Waals surface area contributed by atoms with E-state index in [0.29, 0.717) is 34.1 Å². The van der Waals surface area contributed by atoms with E-state index < -0.39 is 17.6 Å². The average molecular weight is 497 g/mol. The number of pyridine rings is 1. The summed E-state index contributed by atoms with van der Waals surface area (Å²) in [5.41, 5.74) is 8.35. The molecule has 3 N–H and O–H groups in total. The predicted molar refractivity (Wildman–Crippen MR) is 132 cm³/mol. The third kappa shape index (κ3) is 4.77. The highest BCUT2D eigenvalue weighted by Gasteiger charge is 2.30. The number of nitrogens with one attached hydrogen (secondary N) is 1. The van der Waals surface area contributed by atoms with Gasteiger partial charge in [0.15, 0.2) is 5.82 Å². The minimum Gasteiger partial charge on any atom is -0.490 e. The van der Waals surface area contributed by atoms with Crippen LogP contribution in [0.25, 0.3) is 5.52 Å². The smallest absolute Gasteiger partial charge is 0.258 e. The zero-order chi connectivity index (χ0) is 25.3. The Balaban J connectivity index is 1.82.